The summed E-state index contributed by atoms with van der Waals surface area (Å²) in [7, 11) is 0. The summed E-state index contributed by atoms with van der Waals surface area (Å²) in [4.78, 5) is 21.0. The molecule has 2 aliphatic carbocycles. The molecule has 6 heteroatoms. The molecule has 1 atom stereocenters. The minimum atomic E-state index is 0.248. The molecule has 4 heterocycles. The summed E-state index contributed by atoms with van der Waals surface area (Å²) in [5.41, 5.74) is 16.2. The van der Waals surface area contributed by atoms with E-state index >= 15 is 0 Å². The van der Waals surface area contributed by atoms with Crippen LogP contribution in [0.1, 0.15) is 48.0 Å². The number of furan rings is 1. The van der Waals surface area contributed by atoms with Gasteiger partial charge in [0, 0.05) is 39.2 Å². The zero-order valence-corrected chi connectivity index (χ0v) is 38.1. The van der Waals surface area contributed by atoms with E-state index < -0.39 is 0 Å². The molecule has 0 spiro atoms. The van der Waals surface area contributed by atoms with Gasteiger partial charge in [-0.2, -0.15) is 0 Å². The fourth-order valence-electron chi connectivity index (χ4n) is 10.7. The molecule has 0 radical (unpaired) electrons. The van der Waals surface area contributed by atoms with E-state index in [0.29, 0.717) is 5.82 Å². The molecule has 2 aliphatic rings. The number of rotatable bonds is 7. The summed E-state index contributed by atoms with van der Waals surface area (Å²) in [5, 5.41) is 6.90. The number of fused-ring (bicyclic) bond motifs is 11. The van der Waals surface area contributed by atoms with Crippen LogP contribution in [-0.2, 0) is 0 Å². The first-order chi connectivity index (χ1) is 34.6. The van der Waals surface area contributed by atoms with E-state index in [0.717, 1.165) is 119 Å². The first-order valence-corrected chi connectivity index (χ1v) is 24.1. The third kappa shape index (κ3) is 6.87. The van der Waals surface area contributed by atoms with Crippen LogP contribution in [0.25, 0.3) is 111 Å². The molecule has 0 fully saturated rings. The highest BCUT2D eigenvalue weighted by atomic mass is 16.3. The Bertz CT molecular complexity index is 4190. The Kier molecular flexibility index (Phi) is 9.37. The predicted octanol–water partition coefficient (Wildman–Crippen LogP) is 16.3. The summed E-state index contributed by atoms with van der Waals surface area (Å²) in [6.45, 7) is 0. The van der Waals surface area contributed by atoms with Crippen molar-refractivity contribution >= 4 is 76.9 Å². The fraction of sp³-hybridized carbons (Fsp3) is 0.0625. The van der Waals surface area contributed by atoms with Gasteiger partial charge >= 0.3 is 0 Å². The highest BCUT2D eigenvalue weighted by Crippen LogP contribution is 2.40. The second-order valence-corrected chi connectivity index (χ2v) is 18.5. The zero-order valence-electron chi connectivity index (χ0n) is 38.1. The van der Waals surface area contributed by atoms with Crippen molar-refractivity contribution in [3.05, 3.63) is 241 Å². The Balaban J connectivity index is 0.836. The van der Waals surface area contributed by atoms with Gasteiger partial charge in [-0.05, 0) is 123 Å². The Morgan fingerprint density at radius 2 is 1.13 bits per heavy atom. The van der Waals surface area contributed by atoms with Gasteiger partial charge in [0.05, 0.1) is 11.0 Å². The molecule has 330 valence electrons. The molecule has 0 amide bonds. The Labute approximate surface area is 404 Å². The van der Waals surface area contributed by atoms with Gasteiger partial charge < -0.3 is 4.42 Å². The largest absolute Gasteiger partial charge is 0.456 e. The number of para-hydroxylation sites is 1. The zero-order chi connectivity index (χ0) is 46.1. The van der Waals surface area contributed by atoms with Crippen LogP contribution in [0.4, 0.5) is 0 Å². The summed E-state index contributed by atoms with van der Waals surface area (Å²) in [6, 6.07) is 64.6. The van der Waals surface area contributed by atoms with Crippen LogP contribution < -0.4 is 0 Å². The second kappa shape index (κ2) is 16.4. The summed E-state index contributed by atoms with van der Waals surface area (Å²) >= 11 is 0. The molecule has 0 N–H and O–H groups in total. The Morgan fingerprint density at radius 3 is 1.99 bits per heavy atom. The van der Waals surface area contributed by atoms with Crippen LogP contribution in [0.3, 0.4) is 0 Å². The maximum Gasteiger partial charge on any atom is 0.164 e. The average Bonchev–Trinajstić information content (AvgIpc) is 4.02. The van der Waals surface area contributed by atoms with Gasteiger partial charge in [-0.1, -0.05) is 170 Å². The van der Waals surface area contributed by atoms with Gasteiger partial charge in [-0.25, -0.2) is 19.9 Å². The normalized spacial score (nSPS) is 15.0. The molecule has 0 saturated heterocycles. The number of aromatic nitrogens is 5. The lowest BCUT2D eigenvalue weighted by atomic mass is 9.88. The van der Waals surface area contributed by atoms with Crippen molar-refractivity contribution in [1.29, 1.82) is 0 Å². The van der Waals surface area contributed by atoms with Crippen LogP contribution in [-0.4, -0.2) is 24.3 Å². The van der Waals surface area contributed by atoms with E-state index in [1.165, 1.54) is 27.5 Å². The lowest BCUT2D eigenvalue weighted by Gasteiger charge is -2.20. The van der Waals surface area contributed by atoms with Gasteiger partial charge in [-0.15, -0.1) is 0 Å². The molecule has 14 rings (SSSR count). The van der Waals surface area contributed by atoms with Gasteiger partial charge in [0.15, 0.2) is 17.5 Å². The minimum Gasteiger partial charge on any atom is -0.456 e. The first kappa shape index (κ1) is 40.1. The van der Waals surface area contributed by atoms with Crippen molar-refractivity contribution in [3.8, 4) is 33.6 Å². The molecular weight excluding hydrogens is 855 g/mol. The average molecular weight is 898 g/mol. The summed E-state index contributed by atoms with van der Waals surface area (Å²) in [6.07, 6.45) is 16.0. The van der Waals surface area contributed by atoms with E-state index in [4.69, 9.17) is 24.4 Å². The van der Waals surface area contributed by atoms with E-state index in [1.807, 2.05) is 12.1 Å². The quantitative estimate of drug-likeness (QED) is 0.149. The van der Waals surface area contributed by atoms with Crippen molar-refractivity contribution < 1.29 is 4.42 Å². The fourth-order valence-corrected chi connectivity index (χ4v) is 10.7. The molecule has 0 aliphatic heterocycles. The number of imidazole rings is 1. The molecular formula is C64H43N5O. The predicted molar refractivity (Wildman–Crippen MR) is 287 cm³/mol. The maximum atomic E-state index is 6.14. The third-order valence-corrected chi connectivity index (χ3v) is 14.3. The van der Waals surface area contributed by atoms with E-state index in [2.05, 4.69) is 211 Å². The second-order valence-electron chi connectivity index (χ2n) is 18.5. The highest BCUT2D eigenvalue weighted by molar-refractivity contribution is 6.24. The molecule has 12 aromatic rings. The van der Waals surface area contributed by atoms with Gasteiger partial charge in [0.25, 0.3) is 0 Å². The van der Waals surface area contributed by atoms with Crippen molar-refractivity contribution in [2.45, 2.75) is 25.2 Å². The van der Waals surface area contributed by atoms with Crippen LogP contribution >= 0.6 is 0 Å². The van der Waals surface area contributed by atoms with Crippen molar-refractivity contribution in [3.63, 3.8) is 0 Å². The number of benzene rings is 8. The molecule has 6 nitrogen and oxygen atoms in total. The first-order valence-electron chi connectivity index (χ1n) is 24.1. The highest BCUT2D eigenvalue weighted by Gasteiger charge is 2.22. The monoisotopic (exact) mass is 897 g/mol. The van der Waals surface area contributed by atoms with Crippen LogP contribution in [0.2, 0.25) is 0 Å². The van der Waals surface area contributed by atoms with Crippen LogP contribution in [0, 0.1) is 0 Å². The standard InChI is InChI=1S/C64H43N5O/c1-3-13-40(14-4-1)44-17-11-19-49(35-44)63-66-62(67-64(68-63)50-20-12-18-45(36-50)41-15-5-2-6-16-41)43-27-25-42(26-28-43)46-29-31-54-55(37-46)51-21-7-8-23-53(51)60-61(54)69-34-33-48(39-59(69)65-60)47-30-32-58-56(38-47)52-22-9-10-24-57(52)70-58/h1-11,13-19,21-34,36-39,44H,12,20,35H2. The van der Waals surface area contributed by atoms with E-state index in [-0.39, 0.29) is 5.92 Å². The van der Waals surface area contributed by atoms with Gasteiger partial charge in [0.2, 0.25) is 0 Å². The smallest absolute Gasteiger partial charge is 0.164 e. The van der Waals surface area contributed by atoms with Crippen molar-refractivity contribution in [2.24, 2.45) is 0 Å². The van der Waals surface area contributed by atoms with Gasteiger partial charge in [0.1, 0.15) is 16.8 Å². The molecule has 1 unspecified atom stereocenters. The minimum absolute atomic E-state index is 0.248. The SMILES string of the molecule is C1=CC(c2ccccc2)CC(c2nc(C3=CC(c4ccccc4)=CCC3)nc(-c3ccc(-c4ccc5c(c4)c4ccccc4c4nc6cc(-c7ccc8oc9ccccc9c8c7)ccn6c54)cc3)n2)=C1. The molecule has 0 saturated carbocycles. The topological polar surface area (TPSA) is 69.1 Å². The van der Waals surface area contributed by atoms with Crippen molar-refractivity contribution in [2.75, 3.05) is 0 Å². The molecule has 70 heavy (non-hydrogen) atoms. The number of allylic oxidation sites excluding steroid dienone is 8. The maximum absolute atomic E-state index is 6.14. The van der Waals surface area contributed by atoms with E-state index in [1.54, 1.807) is 0 Å². The number of nitrogens with zero attached hydrogens (tertiary/aromatic N) is 5. The third-order valence-electron chi connectivity index (χ3n) is 14.3. The number of hydrogen-bond acceptors (Lipinski definition) is 5. The number of hydrogen-bond donors (Lipinski definition) is 0. The molecule has 8 aromatic carbocycles. The van der Waals surface area contributed by atoms with Crippen LogP contribution in [0.15, 0.2) is 223 Å². The lowest BCUT2D eigenvalue weighted by Crippen LogP contribution is -2.09. The Morgan fingerprint density at radius 1 is 0.471 bits per heavy atom. The van der Waals surface area contributed by atoms with Crippen molar-refractivity contribution in [1.82, 2.24) is 24.3 Å². The summed E-state index contributed by atoms with van der Waals surface area (Å²) in [5.74, 6) is 2.38. The van der Waals surface area contributed by atoms with E-state index in [9.17, 15) is 0 Å². The molecule has 4 aromatic heterocycles. The van der Waals surface area contributed by atoms with Crippen LogP contribution in [0.5, 0.6) is 0 Å². The van der Waals surface area contributed by atoms with Gasteiger partial charge in [-0.3, -0.25) is 4.40 Å². The Hall–Kier alpha value is -9.00. The number of pyridine rings is 1. The summed E-state index contributed by atoms with van der Waals surface area (Å²) < 4.78 is 8.38. The lowest BCUT2D eigenvalue weighted by molar-refractivity contribution is 0.669. The molecule has 0 bridgehead atoms.